The first kappa shape index (κ1) is 63.9. The highest BCUT2D eigenvalue weighted by molar-refractivity contribution is 5.76. The minimum atomic E-state index is -0.665. The minimum Gasteiger partial charge on any atom is -0.466 e. The second kappa shape index (κ2) is 55.5. The third-order valence-electron chi connectivity index (χ3n) is 14.2. The number of carbonyl (C=O) groups excluding carboxylic acids is 2. The highest BCUT2D eigenvalue weighted by Gasteiger charge is 2.20. The lowest BCUT2D eigenvalue weighted by molar-refractivity contribution is -0.143. The Morgan fingerprint density at radius 2 is 0.631 bits per heavy atom. The van der Waals surface area contributed by atoms with Crippen LogP contribution in [0.3, 0.4) is 0 Å². The predicted octanol–water partition coefficient (Wildman–Crippen LogP) is 18.3. The van der Waals surface area contributed by atoms with Crippen LogP contribution in [0.1, 0.15) is 341 Å². The fourth-order valence-corrected chi connectivity index (χ4v) is 9.58. The van der Waals surface area contributed by atoms with E-state index in [-0.39, 0.29) is 18.5 Å². The summed E-state index contributed by atoms with van der Waals surface area (Å²) < 4.78 is 5.47. The zero-order chi connectivity index (χ0) is 47.2. The Labute approximate surface area is 406 Å². The van der Waals surface area contributed by atoms with Gasteiger partial charge in [-0.05, 0) is 25.7 Å². The first-order valence-electron chi connectivity index (χ1n) is 29.8. The molecule has 2 unspecified atom stereocenters. The normalized spacial score (nSPS) is 12.5. The number of hydrogen-bond acceptors (Lipinski definition) is 5. The van der Waals surface area contributed by atoms with Crippen molar-refractivity contribution in [3.63, 3.8) is 0 Å². The van der Waals surface area contributed by atoms with E-state index in [1.807, 2.05) is 0 Å². The molecule has 0 saturated heterocycles. The molecule has 0 aliphatic rings. The molecular formula is C59H117NO5. The summed E-state index contributed by atoms with van der Waals surface area (Å²) in [5.41, 5.74) is 0. The summed E-state index contributed by atoms with van der Waals surface area (Å²) in [5.74, 6) is -0.0236. The zero-order valence-corrected chi connectivity index (χ0v) is 44.3. The van der Waals surface area contributed by atoms with E-state index in [2.05, 4.69) is 19.2 Å². The second-order valence-corrected chi connectivity index (χ2v) is 20.7. The van der Waals surface area contributed by atoms with Gasteiger partial charge in [-0.3, -0.25) is 9.59 Å². The van der Waals surface area contributed by atoms with E-state index >= 15 is 0 Å². The number of unbranched alkanes of at least 4 members (excludes halogenated alkanes) is 45. The van der Waals surface area contributed by atoms with Gasteiger partial charge in [0.15, 0.2) is 0 Å². The lowest BCUT2D eigenvalue weighted by Gasteiger charge is -2.22. The number of rotatable bonds is 56. The van der Waals surface area contributed by atoms with Gasteiger partial charge < -0.3 is 20.3 Å². The Balaban J connectivity index is 3.39. The quantitative estimate of drug-likeness (QED) is 0.0417. The van der Waals surface area contributed by atoms with Gasteiger partial charge in [0.2, 0.25) is 5.91 Å². The lowest BCUT2D eigenvalue weighted by Crippen LogP contribution is -2.45. The molecular weight excluding hydrogens is 803 g/mol. The van der Waals surface area contributed by atoms with Crippen LogP contribution >= 0.6 is 0 Å². The summed E-state index contributed by atoms with van der Waals surface area (Å²) in [7, 11) is 0. The molecule has 0 rings (SSSR count). The van der Waals surface area contributed by atoms with Crippen molar-refractivity contribution in [3.8, 4) is 0 Å². The molecule has 388 valence electrons. The van der Waals surface area contributed by atoms with E-state index in [4.69, 9.17) is 4.74 Å². The van der Waals surface area contributed by atoms with Gasteiger partial charge in [-0.25, -0.2) is 0 Å². The van der Waals surface area contributed by atoms with Crippen LogP contribution in [0.2, 0.25) is 0 Å². The number of ether oxygens (including phenoxy) is 1. The Morgan fingerprint density at radius 3 is 0.938 bits per heavy atom. The monoisotopic (exact) mass is 920 g/mol. The molecule has 1 amide bonds. The maximum Gasteiger partial charge on any atom is 0.305 e. The maximum absolute atomic E-state index is 12.5. The van der Waals surface area contributed by atoms with Crippen LogP contribution in [0.15, 0.2) is 0 Å². The number of carbonyl (C=O) groups is 2. The van der Waals surface area contributed by atoms with E-state index in [1.54, 1.807) is 0 Å². The van der Waals surface area contributed by atoms with E-state index in [1.165, 1.54) is 270 Å². The number of aliphatic hydroxyl groups is 2. The van der Waals surface area contributed by atoms with E-state index in [9.17, 15) is 19.8 Å². The van der Waals surface area contributed by atoms with Crippen LogP contribution in [0.4, 0.5) is 0 Å². The number of hydrogen-bond donors (Lipinski definition) is 3. The molecule has 2 atom stereocenters. The third kappa shape index (κ3) is 52.1. The Kier molecular flexibility index (Phi) is 54.5. The summed E-state index contributed by atoms with van der Waals surface area (Å²) in [6.45, 7) is 4.97. The molecule has 0 spiro atoms. The molecule has 0 aliphatic heterocycles. The molecule has 6 heteroatoms. The maximum atomic E-state index is 12.5. The van der Waals surface area contributed by atoms with Gasteiger partial charge in [0.25, 0.3) is 0 Å². The van der Waals surface area contributed by atoms with Crippen molar-refractivity contribution in [2.24, 2.45) is 0 Å². The van der Waals surface area contributed by atoms with Crippen LogP contribution in [-0.2, 0) is 14.3 Å². The average molecular weight is 921 g/mol. The molecule has 65 heavy (non-hydrogen) atoms. The summed E-state index contributed by atoms with van der Waals surface area (Å²) in [6, 6.07) is -0.542. The molecule has 3 N–H and O–H groups in total. The number of esters is 1. The fourth-order valence-electron chi connectivity index (χ4n) is 9.58. The van der Waals surface area contributed by atoms with Crippen molar-refractivity contribution in [1.29, 1.82) is 0 Å². The molecule has 6 nitrogen and oxygen atoms in total. The van der Waals surface area contributed by atoms with Crippen LogP contribution in [-0.4, -0.2) is 47.4 Å². The van der Waals surface area contributed by atoms with Gasteiger partial charge in [0.1, 0.15) is 0 Å². The molecule has 0 bridgehead atoms. The number of aliphatic hydroxyl groups excluding tert-OH is 2. The standard InChI is InChI=1S/C59H117NO5/c1-3-5-7-9-11-13-15-17-18-22-25-28-31-35-39-43-47-51-57(62)56(55-61)60-58(63)52-48-44-40-36-32-29-26-23-20-19-21-24-27-30-34-38-42-46-50-54-65-59(64)53-49-45-41-37-33-16-14-12-10-8-6-4-2/h56-57,61-62H,3-55H2,1-2H3,(H,60,63). The van der Waals surface area contributed by atoms with E-state index < -0.39 is 12.1 Å². The SMILES string of the molecule is CCCCCCCCCCCCCCCCCCCC(O)C(CO)NC(=O)CCCCCCCCCCCCCCCCCCCCCOC(=O)CCCCCCCCCCCCCC. The smallest absolute Gasteiger partial charge is 0.305 e. The molecule has 0 aromatic carbocycles. The highest BCUT2D eigenvalue weighted by Crippen LogP contribution is 2.18. The van der Waals surface area contributed by atoms with Gasteiger partial charge >= 0.3 is 5.97 Å². The molecule has 0 heterocycles. The molecule has 0 saturated carbocycles. The first-order valence-corrected chi connectivity index (χ1v) is 29.8. The molecule has 0 radical (unpaired) electrons. The van der Waals surface area contributed by atoms with Crippen molar-refractivity contribution in [3.05, 3.63) is 0 Å². The van der Waals surface area contributed by atoms with Crippen molar-refractivity contribution in [2.75, 3.05) is 13.2 Å². The Morgan fingerprint density at radius 1 is 0.369 bits per heavy atom. The number of amides is 1. The first-order chi connectivity index (χ1) is 32.0. The lowest BCUT2D eigenvalue weighted by atomic mass is 10.0. The Bertz CT molecular complexity index is 928. The molecule has 0 fully saturated rings. The molecule has 0 aliphatic carbocycles. The largest absolute Gasteiger partial charge is 0.466 e. The average Bonchev–Trinajstić information content (AvgIpc) is 3.31. The summed E-state index contributed by atoms with van der Waals surface area (Å²) >= 11 is 0. The van der Waals surface area contributed by atoms with Crippen LogP contribution in [0, 0.1) is 0 Å². The van der Waals surface area contributed by atoms with Crippen LogP contribution < -0.4 is 5.32 Å². The zero-order valence-electron chi connectivity index (χ0n) is 44.3. The van der Waals surface area contributed by atoms with E-state index in [0.29, 0.717) is 25.9 Å². The molecule has 0 aromatic heterocycles. The van der Waals surface area contributed by atoms with Crippen LogP contribution in [0.25, 0.3) is 0 Å². The summed E-state index contributed by atoms with van der Waals surface area (Å²) in [5, 5.41) is 23.3. The van der Waals surface area contributed by atoms with E-state index in [0.717, 1.165) is 38.5 Å². The van der Waals surface area contributed by atoms with Crippen molar-refractivity contribution < 1.29 is 24.5 Å². The Hall–Kier alpha value is -1.14. The van der Waals surface area contributed by atoms with Gasteiger partial charge in [-0.1, -0.05) is 303 Å². The minimum absolute atomic E-state index is 0.0107. The van der Waals surface area contributed by atoms with Crippen molar-refractivity contribution in [1.82, 2.24) is 5.32 Å². The van der Waals surface area contributed by atoms with Crippen molar-refractivity contribution >= 4 is 11.9 Å². The topological polar surface area (TPSA) is 95.9 Å². The third-order valence-corrected chi connectivity index (χ3v) is 14.2. The van der Waals surface area contributed by atoms with Gasteiger partial charge in [-0.15, -0.1) is 0 Å². The fraction of sp³-hybridized carbons (Fsp3) is 0.966. The van der Waals surface area contributed by atoms with Gasteiger partial charge in [-0.2, -0.15) is 0 Å². The van der Waals surface area contributed by atoms with Crippen LogP contribution in [0.5, 0.6) is 0 Å². The van der Waals surface area contributed by atoms with Gasteiger partial charge in [0, 0.05) is 12.8 Å². The summed E-state index contributed by atoms with van der Waals surface area (Å²) in [6.07, 6.45) is 63.8. The predicted molar refractivity (Wildman–Crippen MR) is 283 cm³/mol. The highest BCUT2D eigenvalue weighted by atomic mass is 16.5. The summed E-state index contributed by atoms with van der Waals surface area (Å²) in [4.78, 5) is 24.5. The second-order valence-electron chi connectivity index (χ2n) is 20.7. The number of nitrogens with one attached hydrogen (secondary N) is 1. The molecule has 0 aromatic rings. The van der Waals surface area contributed by atoms with Crippen molar-refractivity contribution in [2.45, 2.75) is 353 Å². The van der Waals surface area contributed by atoms with Gasteiger partial charge in [0.05, 0.1) is 25.4 Å².